The Hall–Kier alpha value is -1.35. The highest BCUT2D eigenvalue weighted by atomic mass is 16.8. The fourth-order valence-corrected chi connectivity index (χ4v) is 3.07. The number of hydrogen-bond donors (Lipinski definition) is 1. The van der Waals surface area contributed by atoms with Gasteiger partial charge in [-0.3, -0.25) is 4.79 Å². The van der Waals surface area contributed by atoms with E-state index in [4.69, 9.17) is 23.7 Å². The number of fused-ring (bicyclic) bond motifs is 1. The molecule has 0 saturated carbocycles. The molecule has 0 aromatic heterocycles. The molecule has 6 atom stereocenters. The molecular formula is C16H20O7. The van der Waals surface area contributed by atoms with Crippen molar-refractivity contribution in [1.82, 2.24) is 0 Å². The van der Waals surface area contributed by atoms with E-state index in [1.807, 2.05) is 30.3 Å². The Morgan fingerprint density at radius 3 is 2.57 bits per heavy atom. The number of aliphatic hydroxyl groups is 1. The Labute approximate surface area is 134 Å². The van der Waals surface area contributed by atoms with Gasteiger partial charge in [-0.1, -0.05) is 30.3 Å². The van der Waals surface area contributed by atoms with Crippen molar-refractivity contribution >= 4 is 6.29 Å². The molecule has 3 rings (SSSR count). The summed E-state index contributed by atoms with van der Waals surface area (Å²) in [4.78, 5) is 11.6. The van der Waals surface area contributed by atoms with Crippen molar-refractivity contribution in [2.75, 3.05) is 20.8 Å². The number of hydrogen-bond acceptors (Lipinski definition) is 7. The molecule has 2 aliphatic rings. The van der Waals surface area contributed by atoms with E-state index >= 15 is 0 Å². The second kappa shape index (κ2) is 6.64. The van der Waals surface area contributed by atoms with E-state index in [0.717, 1.165) is 5.56 Å². The summed E-state index contributed by atoms with van der Waals surface area (Å²) >= 11 is 0. The summed E-state index contributed by atoms with van der Waals surface area (Å²) in [6.45, 7) is 0.163. The summed E-state index contributed by atoms with van der Waals surface area (Å²) in [6.07, 6.45) is -3.71. The maximum absolute atomic E-state index is 11.6. The van der Waals surface area contributed by atoms with Gasteiger partial charge < -0.3 is 28.8 Å². The van der Waals surface area contributed by atoms with E-state index in [9.17, 15) is 9.90 Å². The van der Waals surface area contributed by atoms with Crippen LogP contribution in [0, 0.1) is 0 Å². The number of aldehydes is 1. The second-order valence-corrected chi connectivity index (χ2v) is 5.57. The standard InChI is InChI=1S/C16H20O7/c1-19-13-15(20-2)22-11-8-21-14(10-6-4-3-5-7-10)23-12(11)16(13,18)9-17/h3-7,9,11-15,18H,8H2,1-2H3/t11-,12-,13+,14?,15+,16+/m1/s1. The third-order valence-corrected chi connectivity index (χ3v) is 4.23. The van der Waals surface area contributed by atoms with Crippen LogP contribution in [0.5, 0.6) is 0 Å². The van der Waals surface area contributed by atoms with Gasteiger partial charge in [-0.2, -0.15) is 0 Å². The molecule has 0 spiro atoms. The zero-order chi connectivity index (χ0) is 16.4. The zero-order valence-electron chi connectivity index (χ0n) is 13.0. The number of rotatable bonds is 4. The number of methoxy groups -OCH3 is 2. The molecular weight excluding hydrogens is 304 g/mol. The Kier molecular flexibility index (Phi) is 4.77. The van der Waals surface area contributed by atoms with Gasteiger partial charge in [0.1, 0.15) is 18.3 Å². The molecule has 2 aliphatic heterocycles. The van der Waals surface area contributed by atoms with Gasteiger partial charge in [0.15, 0.2) is 24.5 Å². The summed E-state index contributed by atoms with van der Waals surface area (Å²) in [5, 5.41) is 10.9. The van der Waals surface area contributed by atoms with Gasteiger partial charge in [0, 0.05) is 19.8 Å². The number of benzene rings is 1. The fraction of sp³-hybridized carbons (Fsp3) is 0.562. The van der Waals surface area contributed by atoms with Crippen LogP contribution in [-0.4, -0.2) is 62.4 Å². The molecule has 2 saturated heterocycles. The van der Waals surface area contributed by atoms with Crippen LogP contribution in [0.4, 0.5) is 0 Å². The lowest BCUT2D eigenvalue weighted by Crippen LogP contribution is -2.70. The quantitative estimate of drug-likeness (QED) is 0.804. The third kappa shape index (κ3) is 2.80. The van der Waals surface area contributed by atoms with Crippen molar-refractivity contribution < 1.29 is 33.6 Å². The molecule has 0 bridgehead atoms. The summed E-state index contributed by atoms with van der Waals surface area (Å²) in [6, 6.07) is 9.29. The predicted octanol–water partition coefficient (Wildman–Crippen LogP) is 0.417. The first kappa shape index (κ1) is 16.5. The van der Waals surface area contributed by atoms with Crippen LogP contribution in [0.3, 0.4) is 0 Å². The lowest BCUT2D eigenvalue weighted by atomic mass is 9.84. The van der Waals surface area contributed by atoms with Crippen molar-refractivity contribution in [2.45, 2.75) is 36.5 Å². The molecule has 0 amide bonds. The van der Waals surface area contributed by atoms with Crippen LogP contribution in [0.1, 0.15) is 11.9 Å². The van der Waals surface area contributed by atoms with Crippen molar-refractivity contribution in [3.63, 3.8) is 0 Å². The van der Waals surface area contributed by atoms with Crippen molar-refractivity contribution in [3.05, 3.63) is 35.9 Å². The van der Waals surface area contributed by atoms with Gasteiger partial charge in [0.25, 0.3) is 0 Å². The summed E-state index contributed by atoms with van der Waals surface area (Å²) in [5.74, 6) is 0. The number of ether oxygens (including phenoxy) is 5. The molecule has 126 valence electrons. The minimum absolute atomic E-state index is 0.163. The van der Waals surface area contributed by atoms with Gasteiger partial charge in [-0.15, -0.1) is 0 Å². The van der Waals surface area contributed by atoms with E-state index < -0.39 is 36.5 Å². The summed E-state index contributed by atoms with van der Waals surface area (Å²) < 4.78 is 27.6. The van der Waals surface area contributed by atoms with Gasteiger partial charge in [0.05, 0.1) is 6.61 Å². The van der Waals surface area contributed by atoms with Gasteiger partial charge >= 0.3 is 0 Å². The minimum atomic E-state index is -1.89. The fourth-order valence-electron chi connectivity index (χ4n) is 3.07. The molecule has 7 nitrogen and oxygen atoms in total. The molecule has 2 fully saturated rings. The van der Waals surface area contributed by atoms with Crippen molar-refractivity contribution in [1.29, 1.82) is 0 Å². The molecule has 0 radical (unpaired) electrons. The topological polar surface area (TPSA) is 83.5 Å². The largest absolute Gasteiger partial charge is 0.377 e. The molecule has 1 unspecified atom stereocenters. The highest BCUT2D eigenvalue weighted by Gasteiger charge is 2.59. The van der Waals surface area contributed by atoms with E-state index in [-0.39, 0.29) is 6.61 Å². The molecule has 23 heavy (non-hydrogen) atoms. The Morgan fingerprint density at radius 2 is 1.96 bits per heavy atom. The van der Waals surface area contributed by atoms with Crippen LogP contribution in [0.25, 0.3) is 0 Å². The van der Waals surface area contributed by atoms with E-state index in [1.54, 1.807) is 0 Å². The maximum atomic E-state index is 11.6. The zero-order valence-corrected chi connectivity index (χ0v) is 13.0. The Bertz CT molecular complexity index is 536. The smallest absolute Gasteiger partial charge is 0.187 e. The van der Waals surface area contributed by atoms with E-state index in [2.05, 4.69) is 0 Å². The molecule has 2 heterocycles. The van der Waals surface area contributed by atoms with Gasteiger partial charge in [-0.05, 0) is 0 Å². The first-order valence-electron chi connectivity index (χ1n) is 7.35. The lowest BCUT2D eigenvalue weighted by molar-refractivity contribution is -0.375. The van der Waals surface area contributed by atoms with Gasteiger partial charge in [-0.25, -0.2) is 0 Å². The maximum Gasteiger partial charge on any atom is 0.187 e. The number of carbonyl (C=O) groups is 1. The van der Waals surface area contributed by atoms with E-state index in [0.29, 0.717) is 6.29 Å². The first-order valence-corrected chi connectivity index (χ1v) is 7.35. The second-order valence-electron chi connectivity index (χ2n) is 5.57. The summed E-state index contributed by atoms with van der Waals surface area (Å²) in [7, 11) is 2.79. The van der Waals surface area contributed by atoms with Crippen LogP contribution in [0.2, 0.25) is 0 Å². The van der Waals surface area contributed by atoms with Crippen molar-refractivity contribution in [3.8, 4) is 0 Å². The molecule has 0 aliphatic carbocycles. The first-order chi connectivity index (χ1) is 11.1. The Balaban J connectivity index is 1.88. The highest BCUT2D eigenvalue weighted by molar-refractivity contribution is 5.65. The lowest BCUT2D eigenvalue weighted by Gasteiger charge is -2.50. The monoisotopic (exact) mass is 324 g/mol. The van der Waals surface area contributed by atoms with Crippen molar-refractivity contribution in [2.24, 2.45) is 0 Å². The molecule has 1 N–H and O–H groups in total. The van der Waals surface area contributed by atoms with Gasteiger partial charge in [0.2, 0.25) is 0 Å². The summed E-state index contributed by atoms with van der Waals surface area (Å²) in [5.41, 5.74) is -1.10. The number of carbonyl (C=O) groups excluding carboxylic acids is 1. The van der Waals surface area contributed by atoms with Crippen LogP contribution < -0.4 is 0 Å². The average molecular weight is 324 g/mol. The van der Waals surface area contributed by atoms with E-state index in [1.165, 1.54) is 14.2 Å². The highest BCUT2D eigenvalue weighted by Crippen LogP contribution is 2.39. The predicted molar refractivity (Wildman–Crippen MR) is 77.5 cm³/mol. The normalized spacial score (nSPS) is 40.4. The minimum Gasteiger partial charge on any atom is -0.377 e. The SMILES string of the molecule is CO[C@H]1O[C@@H]2COC(c3ccccc3)O[C@H]2[C@@](O)(C=O)[C@H]1OC. The van der Waals surface area contributed by atoms with Crippen LogP contribution in [0.15, 0.2) is 30.3 Å². The van der Waals surface area contributed by atoms with Crippen LogP contribution >= 0.6 is 0 Å². The third-order valence-electron chi connectivity index (χ3n) is 4.23. The molecule has 7 heteroatoms. The van der Waals surface area contributed by atoms with Crippen LogP contribution in [-0.2, 0) is 28.5 Å². The Morgan fingerprint density at radius 1 is 1.22 bits per heavy atom. The average Bonchev–Trinajstić information content (AvgIpc) is 2.61. The molecule has 1 aromatic rings. The molecule has 1 aromatic carbocycles.